The van der Waals surface area contributed by atoms with Crippen LogP contribution in [-0.2, 0) is 4.74 Å². The molecule has 0 aliphatic carbocycles. The van der Waals surface area contributed by atoms with Crippen molar-refractivity contribution in [2.45, 2.75) is 13.8 Å². The first-order chi connectivity index (χ1) is 10.7. The van der Waals surface area contributed by atoms with E-state index in [1.54, 1.807) is 30.5 Å². The number of esters is 1. The lowest BCUT2D eigenvalue weighted by atomic mass is 10.2. The molecule has 0 bridgehead atoms. The zero-order valence-electron chi connectivity index (χ0n) is 12.3. The molecule has 0 amide bonds. The summed E-state index contributed by atoms with van der Waals surface area (Å²) in [5.74, 6) is 5.85. The van der Waals surface area contributed by atoms with Gasteiger partial charge in [0.25, 0.3) is 0 Å². The van der Waals surface area contributed by atoms with Gasteiger partial charge in [-0.15, -0.1) is 0 Å². The molecule has 5 heteroatoms. The van der Waals surface area contributed by atoms with Gasteiger partial charge in [0.15, 0.2) is 0 Å². The molecule has 4 nitrogen and oxygen atoms in total. The van der Waals surface area contributed by atoms with Gasteiger partial charge in [-0.25, -0.2) is 9.78 Å². The van der Waals surface area contributed by atoms with Crippen molar-refractivity contribution in [3.8, 4) is 11.8 Å². The molecule has 0 saturated carbocycles. The minimum absolute atomic E-state index is 0.333. The van der Waals surface area contributed by atoms with E-state index in [9.17, 15) is 4.79 Å². The SMILES string of the molecule is CCOC(=O)c1cc2c(C#Cc3ccsc3)nc(C)cn2c1. The predicted octanol–water partition coefficient (Wildman–Crippen LogP) is 3.28. The van der Waals surface area contributed by atoms with Crippen molar-refractivity contribution >= 4 is 22.8 Å². The fourth-order valence-corrected chi connectivity index (χ4v) is 2.71. The number of fused-ring (bicyclic) bond motifs is 1. The molecule has 0 N–H and O–H groups in total. The fraction of sp³-hybridized carbons (Fsp3) is 0.176. The molecule has 22 heavy (non-hydrogen) atoms. The van der Waals surface area contributed by atoms with E-state index in [1.807, 2.05) is 34.3 Å². The molecule has 0 aliphatic rings. The number of thiophene rings is 1. The highest BCUT2D eigenvalue weighted by Gasteiger charge is 2.12. The predicted molar refractivity (Wildman–Crippen MR) is 86.2 cm³/mol. The lowest BCUT2D eigenvalue weighted by molar-refractivity contribution is 0.0526. The molecule has 0 spiro atoms. The normalized spacial score (nSPS) is 10.3. The van der Waals surface area contributed by atoms with E-state index in [4.69, 9.17) is 4.74 Å². The third-order valence-corrected chi connectivity index (χ3v) is 3.75. The molecule has 0 aliphatic heterocycles. The van der Waals surface area contributed by atoms with Crippen LogP contribution in [0.15, 0.2) is 35.3 Å². The van der Waals surface area contributed by atoms with Gasteiger partial charge in [0.1, 0.15) is 5.69 Å². The molecule has 0 saturated heterocycles. The van der Waals surface area contributed by atoms with Gasteiger partial charge >= 0.3 is 5.97 Å². The van der Waals surface area contributed by atoms with Gasteiger partial charge in [-0.05, 0) is 37.3 Å². The number of nitrogens with zero attached hydrogens (tertiary/aromatic N) is 2. The second-order valence-corrected chi connectivity index (χ2v) is 5.51. The van der Waals surface area contributed by atoms with E-state index in [-0.39, 0.29) is 5.97 Å². The van der Waals surface area contributed by atoms with Crippen molar-refractivity contribution in [1.29, 1.82) is 0 Å². The topological polar surface area (TPSA) is 43.6 Å². The Morgan fingerprint density at radius 3 is 3.00 bits per heavy atom. The van der Waals surface area contributed by atoms with Gasteiger partial charge < -0.3 is 9.14 Å². The van der Waals surface area contributed by atoms with E-state index >= 15 is 0 Å². The molecular weight excluding hydrogens is 296 g/mol. The summed E-state index contributed by atoms with van der Waals surface area (Å²) >= 11 is 1.61. The summed E-state index contributed by atoms with van der Waals surface area (Å²) in [6, 6.07) is 3.73. The van der Waals surface area contributed by atoms with Gasteiger partial charge in [0, 0.05) is 23.3 Å². The van der Waals surface area contributed by atoms with Crippen molar-refractivity contribution in [3.63, 3.8) is 0 Å². The lowest BCUT2D eigenvalue weighted by Crippen LogP contribution is -2.02. The van der Waals surface area contributed by atoms with Crippen LogP contribution in [0.25, 0.3) is 5.52 Å². The van der Waals surface area contributed by atoms with Crippen LogP contribution in [0.2, 0.25) is 0 Å². The highest BCUT2D eigenvalue weighted by molar-refractivity contribution is 7.08. The number of carbonyl (C=O) groups excluding carboxylic acids is 1. The number of aromatic nitrogens is 2. The number of carbonyl (C=O) groups is 1. The monoisotopic (exact) mass is 310 g/mol. The van der Waals surface area contributed by atoms with Crippen LogP contribution < -0.4 is 0 Å². The summed E-state index contributed by atoms with van der Waals surface area (Å²) in [5.41, 5.74) is 3.77. The van der Waals surface area contributed by atoms with Crippen LogP contribution >= 0.6 is 11.3 Å². The summed E-state index contributed by atoms with van der Waals surface area (Å²) in [7, 11) is 0. The molecule has 0 fully saturated rings. The standard InChI is InChI=1S/C17H14N2O2S/c1-3-21-17(20)14-8-16-15(5-4-13-6-7-22-11-13)18-12(2)9-19(16)10-14/h6-11H,3H2,1-2H3. The third kappa shape index (κ3) is 2.87. The first-order valence-electron chi connectivity index (χ1n) is 6.88. The second kappa shape index (κ2) is 6.04. The number of aryl methyl sites for hydroxylation is 1. The maximum atomic E-state index is 11.9. The summed E-state index contributed by atoms with van der Waals surface area (Å²) in [4.78, 5) is 16.3. The molecule has 0 atom stereocenters. The third-order valence-electron chi connectivity index (χ3n) is 3.06. The van der Waals surface area contributed by atoms with E-state index in [0.29, 0.717) is 17.9 Å². The molecule has 0 radical (unpaired) electrons. The Labute approximate surface area is 132 Å². The molecule has 3 rings (SSSR count). The van der Waals surface area contributed by atoms with Crippen LogP contribution in [0.5, 0.6) is 0 Å². The van der Waals surface area contributed by atoms with E-state index in [0.717, 1.165) is 16.8 Å². The van der Waals surface area contributed by atoms with Crippen LogP contribution in [0.1, 0.15) is 34.2 Å². The second-order valence-electron chi connectivity index (χ2n) is 4.73. The molecular formula is C17H14N2O2S. The van der Waals surface area contributed by atoms with Crippen molar-refractivity contribution < 1.29 is 9.53 Å². The Hall–Kier alpha value is -2.58. The van der Waals surface area contributed by atoms with Crippen molar-refractivity contribution in [1.82, 2.24) is 9.38 Å². The summed E-state index contributed by atoms with van der Waals surface area (Å²) in [6.45, 7) is 4.05. The van der Waals surface area contributed by atoms with Gasteiger partial charge in [-0.2, -0.15) is 11.3 Å². The van der Waals surface area contributed by atoms with Crippen molar-refractivity contribution in [2.24, 2.45) is 0 Å². The van der Waals surface area contributed by atoms with Gasteiger partial charge in [-0.3, -0.25) is 0 Å². The lowest BCUT2D eigenvalue weighted by Gasteiger charge is -1.99. The minimum Gasteiger partial charge on any atom is -0.462 e. The number of rotatable bonds is 2. The Morgan fingerprint density at radius 1 is 1.41 bits per heavy atom. The highest BCUT2D eigenvalue weighted by Crippen LogP contribution is 2.15. The Kier molecular flexibility index (Phi) is 3.94. The average Bonchev–Trinajstić information content (AvgIpc) is 3.13. The highest BCUT2D eigenvalue weighted by atomic mass is 32.1. The minimum atomic E-state index is -0.333. The number of hydrogen-bond donors (Lipinski definition) is 0. The smallest absolute Gasteiger partial charge is 0.339 e. The molecule has 110 valence electrons. The molecule has 3 aromatic rings. The van der Waals surface area contributed by atoms with Crippen LogP contribution in [0, 0.1) is 18.8 Å². The average molecular weight is 310 g/mol. The summed E-state index contributed by atoms with van der Waals surface area (Å²) < 4.78 is 6.91. The Balaban J connectivity index is 2.07. The van der Waals surface area contributed by atoms with Crippen LogP contribution in [-0.4, -0.2) is 22.0 Å². The maximum absolute atomic E-state index is 11.9. The van der Waals surface area contributed by atoms with E-state index < -0.39 is 0 Å². The Morgan fingerprint density at radius 2 is 2.27 bits per heavy atom. The first kappa shape index (κ1) is 14.4. The van der Waals surface area contributed by atoms with Crippen LogP contribution in [0.3, 0.4) is 0 Å². The summed E-state index contributed by atoms with van der Waals surface area (Å²) in [5, 5.41) is 3.97. The van der Waals surface area contributed by atoms with E-state index in [1.165, 1.54) is 0 Å². The largest absolute Gasteiger partial charge is 0.462 e. The van der Waals surface area contributed by atoms with Crippen molar-refractivity contribution in [2.75, 3.05) is 6.61 Å². The van der Waals surface area contributed by atoms with Gasteiger partial charge in [-0.1, -0.05) is 5.92 Å². The van der Waals surface area contributed by atoms with Crippen LogP contribution in [0.4, 0.5) is 0 Å². The molecule has 3 aromatic heterocycles. The zero-order chi connectivity index (χ0) is 15.5. The number of hydrogen-bond acceptors (Lipinski definition) is 4. The van der Waals surface area contributed by atoms with Crippen molar-refractivity contribution in [3.05, 3.63) is 57.8 Å². The van der Waals surface area contributed by atoms with Gasteiger partial charge in [0.05, 0.1) is 23.4 Å². The molecule has 3 heterocycles. The summed E-state index contributed by atoms with van der Waals surface area (Å²) in [6.07, 6.45) is 3.62. The fourth-order valence-electron chi connectivity index (χ4n) is 2.12. The quantitative estimate of drug-likeness (QED) is 0.539. The zero-order valence-corrected chi connectivity index (χ0v) is 13.1. The number of ether oxygens (including phenoxy) is 1. The molecule has 0 unspecified atom stereocenters. The van der Waals surface area contributed by atoms with E-state index in [2.05, 4.69) is 16.8 Å². The first-order valence-corrected chi connectivity index (χ1v) is 7.82. The van der Waals surface area contributed by atoms with Gasteiger partial charge in [0.2, 0.25) is 0 Å². The maximum Gasteiger partial charge on any atom is 0.339 e. The Bertz CT molecular complexity index is 883. The molecule has 0 aromatic carbocycles.